The summed E-state index contributed by atoms with van der Waals surface area (Å²) in [5, 5.41) is 7.13. The van der Waals surface area contributed by atoms with E-state index in [0.29, 0.717) is 6.04 Å². The van der Waals surface area contributed by atoms with Crippen molar-refractivity contribution in [1.29, 1.82) is 0 Å². The lowest BCUT2D eigenvalue weighted by Gasteiger charge is -2.33. The summed E-state index contributed by atoms with van der Waals surface area (Å²) in [6.45, 7) is 9.59. The molecule has 2 N–H and O–H groups in total. The van der Waals surface area contributed by atoms with Crippen molar-refractivity contribution >= 4 is 29.9 Å². The third kappa shape index (κ3) is 9.25. The zero-order valence-corrected chi connectivity index (χ0v) is 19.7. The highest BCUT2D eigenvalue weighted by atomic mass is 127. The highest BCUT2D eigenvalue weighted by Gasteiger charge is 2.22. The molecule has 0 spiro atoms. The molecular weight excluding hydrogens is 451 g/mol. The first-order valence-corrected chi connectivity index (χ1v) is 9.75. The minimum atomic E-state index is 0. The molecule has 0 saturated carbocycles. The standard InChI is InChI=1S/C21H36N4O.HI/c1-21(2,16-18-8-6-5-7-9-18)17-23-20(22-3)24-19-10-12-25(13-11-19)14-15-26-4;/h5-9,19H,10-17H2,1-4H3,(H2,22,23,24);1H. The maximum atomic E-state index is 5.17. The Balaban J connectivity index is 0.00000364. The number of nitrogens with zero attached hydrogens (tertiary/aromatic N) is 2. The van der Waals surface area contributed by atoms with Crippen LogP contribution in [0.1, 0.15) is 32.3 Å². The van der Waals surface area contributed by atoms with Crippen molar-refractivity contribution in [1.82, 2.24) is 15.5 Å². The van der Waals surface area contributed by atoms with Crippen LogP contribution in [0.5, 0.6) is 0 Å². The van der Waals surface area contributed by atoms with E-state index in [-0.39, 0.29) is 29.4 Å². The van der Waals surface area contributed by atoms with Gasteiger partial charge in [0, 0.05) is 46.4 Å². The number of benzene rings is 1. The van der Waals surface area contributed by atoms with E-state index in [4.69, 9.17) is 4.74 Å². The number of methoxy groups -OCH3 is 1. The molecule has 154 valence electrons. The summed E-state index contributed by atoms with van der Waals surface area (Å²) in [7, 11) is 3.62. The predicted octanol–water partition coefficient (Wildman–Crippen LogP) is 3.15. The largest absolute Gasteiger partial charge is 0.383 e. The van der Waals surface area contributed by atoms with E-state index >= 15 is 0 Å². The Morgan fingerprint density at radius 2 is 1.89 bits per heavy atom. The predicted molar refractivity (Wildman–Crippen MR) is 125 cm³/mol. The first kappa shape index (κ1) is 24.2. The number of piperidine rings is 1. The van der Waals surface area contributed by atoms with Gasteiger partial charge >= 0.3 is 0 Å². The highest BCUT2D eigenvalue weighted by molar-refractivity contribution is 14.0. The van der Waals surface area contributed by atoms with E-state index in [1.165, 1.54) is 5.56 Å². The normalized spacial score (nSPS) is 16.7. The van der Waals surface area contributed by atoms with Crippen LogP contribution in [0.3, 0.4) is 0 Å². The van der Waals surface area contributed by atoms with Gasteiger partial charge in [-0.2, -0.15) is 0 Å². The minimum absolute atomic E-state index is 0. The molecule has 1 aromatic carbocycles. The smallest absolute Gasteiger partial charge is 0.191 e. The number of halogens is 1. The molecule has 1 fully saturated rings. The van der Waals surface area contributed by atoms with Gasteiger partial charge in [-0.05, 0) is 30.2 Å². The molecule has 1 saturated heterocycles. The van der Waals surface area contributed by atoms with Crippen molar-refractivity contribution in [3.63, 3.8) is 0 Å². The molecule has 1 aliphatic rings. The first-order chi connectivity index (χ1) is 12.5. The van der Waals surface area contributed by atoms with Crippen molar-refractivity contribution in [2.75, 3.05) is 46.9 Å². The van der Waals surface area contributed by atoms with E-state index < -0.39 is 0 Å². The molecule has 0 amide bonds. The van der Waals surface area contributed by atoms with E-state index in [0.717, 1.165) is 58.0 Å². The summed E-state index contributed by atoms with van der Waals surface area (Å²) in [6.07, 6.45) is 3.35. The number of rotatable bonds is 8. The van der Waals surface area contributed by atoms with Crippen molar-refractivity contribution in [3.8, 4) is 0 Å². The third-order valence-electron chi connectivity index (χ3n) is 5.02. The third-order valence-corrected chi connectivity index (χ3v) is 5.02. The Kier molecular flexibility index (Phi) is 11.3. The van der Waals surface area contributed by atoms with Crippen molar-refractivity contribution < 1.29 is 4.74 Å². The molecule has 1 heterocycles. The van der Waals surface area contributed by atoms with Gasteiger partial charge in [0.2, 0.25) is 0 Å². The Labute approximate surface area is 182 Å². The number of aliphatic imine (C=N–C) groups is 1. The van der Waals surface area contributed by atoms with Gasteiger partial charge < -0.3 is 20.3 Å². The van der Waals surface area contributed by atoms with Crippen LogP contribution < -0.4 is 10.6 Å². The van der Waals surface area contributed by atoms with Crippen LogP contribution in [-0.4, -0.2) is 63.8 Å². The van der Waals surface area contributed by atoms with E-state index in [9.17, 15) is 0 Å². The number of nitrogens with one attached hydrogen (secondary N) is 2. The molecule has 0 aliphatic carbocycles. The molecule has 27 heavy (non-hydrogen) atoms. The summed E-state index contributed by atoms with van der Waals surface area (Å²) in [5.74, 6) is 0.918. The van der Waals surface area contributed by atoms with Crippen molar-refractivity contribution in [2.45, 2.75) is 39.2 Å². The lowest BCUT2D eigenvalue weighted by molar-refractivity contribution is 0.128. The number of guanidine groups is 1. The molecule has 0 aromatic heterocycles. The van der Waals surface area contributed by atoms with Crippen LogP contribution in [0.4, 0.5) is 0 Å². The number of hydrogen-bond acceptors (Lipinski definition) is 3. The van der Waals surface area contributed by atoms with Gasteiger partial charge in [-0.3, -0.25) is 4.99 Å². The van der Waals surface area contributed by atoms with Gasteiger partial charge in [-0.25, -0.2) is 0 Å². The molecule has 1 aliphatic heterocycles. The summed E-state index contributed by atoms with van der Waals surface area (Å²) in [4.78, 5) is 6.89. The van der Waals surface area contributed by atoms with Crippen molar-refractivity contribution in [3.05, 3.63) is 35.9 Å². The molecule has 6 heteroatoms. The zero-order chi connectivity index (χ0) is 18.8. The van der Waals surface area contributed by atoms with Gasteiger partial charge in [0.15, 0.2) is 5.96 Å². The monoisotopic (exact) mass is 488 g/mol. The van der Waals surface area contributed by atoms with Gasteiger partial charge in [0.25, 0.3) is 0 Å². The van der Waals surface area contributed by atoms with E-state index in [1.807, 2.05) is 7.05 Å². The van der Waals surface area contributed by atoms with Crippen LogP contribution in [0.2, 0.25) is 0 Å². The second-order valence-electron chi connectivity index (χ2n) is 8.01. The zero-order valence-electron chi connectivity index (χ0n) is 17.3. The Hall–Kier alpha value is -0.860. The molecule has 0 atom stereocenters. The summed E-state index contributed by atoms with van der Waals surface area (Å²) < 4.78 is 5.17. The molecule has 2 rings (SSSR count). The molecule has 0 unspecified atom stereocenters. The quantitative estimate of drug-likeness (QED) is 0.336. The fourth-order valence-electron chi connectivity index (χ4n) is 3.44. The van der Waals surface area contributed by atoms with Gasteiger partial charge in [0.05, 0.1) is 6.61 Å². The highest BCUT2D eigenvalue weighted by Crippen LogP contribution is 2.20. The summed E-state index contributed by atoms with van der Waals surface area (Å²) in [5.41, 5.74) is 1.55. The SMILES string of the molecule is CN=C(NCC(C)(C)Cc1ccccc1)NC1CCN(CCOC)CC1.I. The lowest BCUT2D eigenvalue weighted by atomic mass is 9.86. The topological polar surface area (TPSA) is 48.9 Å². The second kappa shape index (κ2) is 12.6. The Bertz CT molecular complexity index is 542. The number of ether oxygens (including phenoxy) is 1. The van der Waals surface area contributed by atoms with Gasteiger partial charge in [0.1, 0.15) is 0 Å². The number of hydrogen-bond donors (Lipinski definition) is 2. The van der Waals surface area contributed by atoms with Crippen LogP contribution in [0, 0.1) is 5.41 Å². The van der Waals surface area contributed by atoms with Crippen LogP contribution in [0.25, 0.3) is 0 Å². The lowest BCUT2D eigenvalue weighted by Crippen LogP contribution is -2.50. The maximum Gasteiger partial charge on any atom is 0.191 e. The molecule has 5 nitrogen and oxygen atoms in total. The minimum Gasteiger partial charge on any atom is -0.383 e. The molecule has 1 aromatic rings. The summed E-state index contributed by atoms with van der Waals surface area (Å²) in [6, 6.07) is 11.2. The molecule has 0 radical (unpaired) electrons. The van der Waals surface area contributed by atoms with Gasteiger partial charge in [-0.1, -0.05) is 44.2 Å². The summed E-state index contributed by atoms with van der Waals surface area (Å²) >= 11 is 0. The van der Waals surface area contributed by atoms with Crippen molar-refractivity contribution in [2.24, 2.45) is 10.4 Å². The van der Waals surface area contributed by atoms with Gasteiger partial charge in [-0.15, -0.1) is 24.0 Å². The van der Waals surface area contributed by atoms with Crippen LogP contribution >= 0.6 is 24.0 Å². The fraction of sp³-hybridized carbons (Fsp3) is 0.667. The molecule has 0 bridgehead atoms. The van der Waals surface area contributed by atoms with Crippen LogP contribution in [0.15, 0.2) is 35.3 Å². The van der Waals surface area contributed by atoms with Crippen LogP contribution in [-0.2, 0) is 11.2 Å². The molecular formula is C21H37IN4O. The first-order valence-electron chi connectivity index (χ1n) is 9.75. The Morgan fingerprint density at radius 3 is 2.48 bits per heavy atom. The average molecular weight is 488 g/mol. The van der Waals surface area contributed by atoms with E-state index in [1.54, 1.807) is 7.11 Å². The van der Waals surface area contributed by atoms with E-state index in [2.05, 4.69) is 64.7 Å². The second-order valence-corrected chi connectivity index (χ2v) is 8.01. The Morgan fingerprint density at radius 1 is 1.22 bits per heavy atom. The fourth-order valence-corrected chi connectivity index (χ4v) is 3.44. The average Bonchev–Trinajstić information content (AvgIpc) is 2.65. The maximum absolute atomic E-state index is 5.17. The number of likely N-dealkylation sites (tertiary alicyclic amines) is 1.